The van der Waals surface area contributed by atoms with Crippen molar-refractivity contribution in [2.75, 3.05) is 20.3 Å². The lowest BCUT2D eigenvalue weighted by Gasteiger charge is -2.27. The third-order valence-corrected chi connectivity index (χ3v) is 3.15. The number of aromatic hydroxyl groups is 1. The minimum Gasteiger partial charge on any atom is -0.508 e. The number of para-hydroxylation sites is 1. The number of carbonyl (C=O) groups is 1. The number of hydrogen-bond donors (Lipinski definition) is 1. The molecule has 1 N–H and O–H groups in total. The Bertz CT molecular complexity index is 498. The van der Waals surface area contributed by atoms with E-state index in [0.717, 1.165) is 0 Å². The Kier molecular flexibility index (Phi) is 3.94. The van der Waals surface area contributed by atoms with Gasteiger partial charge in [-0.15, -0.1) is 0 Å². The van der Waals surface area contributed by atoms with Crippen LogP contribution in [0.25, 0.3) is 0 Å². The van der Waals surface area contributed by atoms with Gasteiger partial charge < -0.3 is 19.5 Å². The second kappa shape index (κ2) is 5.65. The quantitative estimate of drug-likeness (QED) is 0.903. The van der Waals surface area contributed by atoms with E-state index in [0.29, 0.717) is 18.8 Å². The fourth-order valence-corrected chi connectivity index (χ4v) is 1.88. The highest BCUT2D eigenvalue weighted by molar-refractivity contribution is 5.91. The molecule has 5 heteroatoms. The van der Waals surface area contributed by atoms with Crippen LogP contribution < -0.4 is 0 Å². The van der Waals surface area contributed by atoms with Gasteiger partial charge in [-0.25, -0.2) is 0 Å². The van der Waals surface area contributed by atoms with Crippen LogP contribution in [-0.2, 0) is 14.3 Å². The van der Waals surface area contributed by atoms with Gasteiger partial charge in [-0.3, -0.25) is 4.79 Å². The Labute approximate surface area is 112 Å². The van der Waals surface area contributed by atoms with Crippen LogP contribution in [-0.4, -0.2) is 36.2 Å². The molecule has 102 valence electrons. The first-order valence-corrected chi connectivity index (χ1v) is 6.11. The Morgan fingerprint density at radius 1 is 1.37 bits per heavy atom. The molecule has 1 aliphatic rings. The first-order chi connectivity index (χ1) is 9.11. The fraction of sp³-hybridized carbons (Fsp3) is 0.357. The van der Waals surface area contributed by atoms with Crippen molar-refractivity contribution >= 4 is 5.91 Å². The molecule has 2 rings (SSSR count). The molecule has 0 spiro atoms. The van der Waals surface area contributed by atoms with Gasteiger partial charge in [0, 0.05) is 12.6 Å². The Morgan fingerprint density at radius 3 is 2.74 bits per heavy atom. The summed E-state index contributed by atoms with van der Waals surface area (Å²) in [7, 11) is 1.66. The van der Waals surface area contributed by atoms with Gasteiger partial charge >= 0.3 is 0 Å². The largest absolute Gasteiger partial charge is 0.508 e. The lowest BCUT2D eigenvalue weighted by atomic mass is 10.1. The van der Waals surface area contributed by atoms with Gasteiger partial charge in [0.1, 0.15) is 25.2 Å². The number of nitrogens with zero attached hydrogens (tertiary/aromatic N) is 1. The Hall–Kier alpha value is -2.17. The van der Waals surface area contributed by atoms with Gasteiger partial charge in [0.25, 0.3) is 5.91 Å². The van der Waals surface area contributed by atoms with Gasteiger partial charge in [0.2, 0.25) is 5.76 Å². The summed E-state index contributed by atoms with van der Waals surface area (Å²) in [4.78, 5) is 13.7. The molecule has 0 saturated heterocycles. The van der Waals surface area contributed by atoms with Gasteiger partial charge in [-0.1, -0.05) is 18.2 Å². The highest BCUT2D eigenvalue weighted by Gasteiger charge is 2.25. The van der Waals surface area contributed by atoms with E-state index >= 15 is 0 Å². The van der Waals surface area contributed by atoms with Crippen LogP contribution >= 0.6 is 0 Å². The van der Waals surface area contributed by atoms with Crippen LogP contribution in [0.15, 0.2) is 36.3 Å². The Balaban J connectivity index is 2.15. The predicted octanol–water partition coefficient (Wildman–Crippen LogP) is 1.80. The summed E-state index contributed by atoms with van der Waals surface area (Å²) < 4.78 is 10.3. The minimum absolute atomic E-state index is 0.171. The second-order valence-corrected chi connectivity index (χ2v) is 4.35. The smallest absolute Gasteiger partial charge is 0.292 e. The summed E-state index contributed by atoms with van der Waals surface area (Å²) >= 11 is 0. The molecule has 5 nitrogen and oxygen atoms in total. The summed E-state index contributed by atoms with van der Waals surface area (Å²) in [6.07, 6.45) is 1.33. The zero-order valence-electron chi connectivity index (χ0n) is 11.0. The number of amides is 1. The van der Waals surface area contributed by atoms with Crippen LogP contribution in [0.5, 0.6) is 5.75 Å². The Morgan fingerprint density at radius 2 is 2.11 bits per heavy atom. The van der Waals surface area contributed by atoms with Crippen LogP contribution in [0, 0.1) is 0 Å². The summed E-state index contributed by atoms with van der Waals surface area (Å²) in [6.45, 7) is 2.67. The maximum Gasteiger partial charge on any atom is 0.292 e. The maximum absolute atomic E-state index is 12.2. The number of phenolic OH excluding ortho intramolecular Hbond substituents is 1. The SMILES string of the molecule is CC(c1ccccc1O)N(C)C(=O)C1=COCCO1. The lowest BCUT2D eigenvalue weighted by molar-refractivity contribution is -0.132. The molecule has 1 aromatic rings. The number of benzene rings is 1. The zero-order chi connectivity index (χ0) is 13.8. The van der Waals surface area contributed by atoms with Gasteiger partial charge in [0.15, 0.2) is 0 Å². The molecule has 0 bridgehead atoms. The molecular formula is C14H17NO4. The van der Waals surface area contributed by atoms with Crippen molar-refractivity contribution in [3.8, 4) is 5.75 Å². The normalized spacial score (nSPS) is 15.8. The fourth-order valence-electron chi connectivity index (χ4n) is 1.88. The number of ether oxygens (including phenoxy) is 2. The molecule has 1 unspecified atom stereocenters. The van der Waals surface area contributed by atoms with Crippen LogP contribution in [0.2, 0.25) is 0 Å². The molecule has 0 fully saturated rings. The molecule has 1 aromatic carbocycles. The van der Waals surface area contributed by atoms with Gasteiger partial charge in [0.05, 0.1) is 6.04 Å². The van der Waals surface area contributed by atoms with E-state index < -0.39 is 0 Å². The molecule has 0 aromatic heterocycles. The first-order valence-electron chi connectivity index (χ1n) is 6.11. The van der Waals surface area contributed by atoms with E-state index in [1.165, 1.54) is 11.2 Å². The van der Waals surface area contributed by atoms with Crippen molar-refractivity contribution in [2.45, 2.75) is 13.0 Å². The summed E-state index contributed by atoms with van der Waals surface area (Å²) in [6, 6.07) is 6.69. The molecule has 1 atom stereocenters. The van der Waals surface area contributed by atoms with Crippen molar-refractivity contribution in [3.05, 3.63) is 41.9 Å². The second-order valence-electron chi connectivity index (χ2n) is 4.35. The number of hydrogen-bond acceptors (Lipinski definition) is 4. The minimum atomic E-state index is -0.268. The average Bonchev–Trinajstić information content (AvgIpc) is 2.46. The highest BCUT2D eigenvalue weighted by Crippen LogP contribution is 2.28. The average molecular weight is 263 g/mol. The van der Waals surface area contributed by atoms with Crippen molar-refractivity contribution in [1.82, 2.24) is 4.90 Å². The molecule has 0 saturated carbocycles. The highest BCUT2D eigenvalue weighted by atomic mass is 16.6. The van der Waals surface area contributed by atoms with Gasteiger partial charge in [-0.05, 0) is 13.0 Å². The lowest BCUT2D eigenvalue weighted by Crippen LogP contribution is -2.33. The number of likely N-dealkylation sites (N-methyl/N-ethyl adjacent to an activating group) is 1. The molecule has 1 amide bonds. The van der Waals surface area contributed by atoms with E-state index in [9.17, 15) is 9.90 Å². The van der Waals surface area contributed by atoms with Crippen molar-refractivity contribution < 1.29 is 19.4 Å². The standard InChI is InChI=1S/C14H17NO4/c1-10(11-5-3-4-6-12(11)16)15(2)14(17)13-9-18-7-8-19-13/h3-6,9-10,16H,7-8H2,1-2H3. The zero-order valence-corrected chi connectivity index (χ0v) is 11.0. The third-order valence-electron chi connectivity index (χ3n) is 3.15. The molecule has 1 heterocycles. The molecular weight excluding hydrogens is 246 g/mol. The van der Waals surface area contributed by atoms with Crippen LogP contribution in [0.1, 0.15) is 18.5 Å². The summed E-state index contributed by atoms with van der Waals surface area (Å²) in [5, 5.41) is 9.81. The number of carbonyl (C=O) groups excluding carboxylic acids is 1. The molecule has 0 radical (unpaired) electrons. The number of phenols is 1. The van der Waals surface area contributed by atoms with E-state index in [-0.39, 0.29) is 23.5 Å². The monoisotopic (exact) mass is 263 g/mol. The third kappa shape index (κ3) is 2.81. The van der Waals surface area contributed by atoms with E-state index in [2.05, 4.69) is 0 Å². The topological polar surface area (TPSA) is 59.0 Å². The molecule has 19 heavy (non-hydrogen) atoms. The predicted molar refractivity (Wildman–Crippen MR) is 69.3 cm³/mol. The van der Waals surface area contributed by atoms with Crippen molar-refractivity contribution in [3.63, 3.8) is 0 Å². The summed E-state index contributed by atoms with van der Waals surface area (Å²) in [5.74, 6) is 0.0934. The number of rotatable bonds is 3. The van der Waals surface area contributed by atoms with E-state index in [1.807, 2.05) is 13.0 Å². The van der Waals surface area contributed by atoms with Crippen molar-refractivity contribution in [1.29, 1.82) is 0 Å². The van der Waals surface area contributed by atoms with Gasteiger partial charge in [-0.2, -0.15) is 0 Å². The van der Waals surface area contributed by atoms with Crippen molar-refractivity contribution in [2.24, 2.45) is 0 Å². The van der Waals surface area contributed by atoms with E-state index in [4.69, 9.17) is 9.47 Å². The van der Waals surface area contributed by atoms with E-state index in [1.54, 1.807) is 25.2 Å². The molecule has 1 aliphatic heterocycles. The molecule has 0 aliphatic carbocycles. The summed E-state index contributed by atoms with van der Waals surface area (Å²) in [5.41, 5.74) is 0.690. The van der Waals surface area contributed by atoms with Crippen LogP contribution in [0.3, 0.4) is 0 Å². The maximum atomic E-state index is 12.2. The first kappa shape index (κ1) is 13.3. The van der Waals surface area contributed by atoms with Crippen LogP contribution in [0.4, 0.5) is 0 Å².